The van der Waals surface area contributed by atoms with Crippen LogP contribution in [0.3, 0.4) is 0 Å². The van der Waals surface area contributed by atoms with E-state index in [2.05, 4.69) is 76.0 Å². The molecule has 3 saturated carbocycles. The molecule has 0 unspecified atom stereocenters. The predicted molar refractivity (Wildman–Crippen MR) is 204 cm³/mol. The molecule has 2 aromatic carbocycles. The molecule has 290 valence electrons. The van der Waals surface area contributed by atoms with E-state index in [9.17, 15) is 20.1 Å². The zero-order valence-corrected chi connectivity index (χ0v) is 33.1. The first-order valence-corrected chi connectivity index (χ1v) is 19.6. The molecule has 0 spiro atoms. The highest BCUT2D eigenvalue weighted by molar-refractivity contribution is 5.82. The van der Waals surface area contributed by atoms with Crippen LogP contribution in [-0.4, -0.2) is 100 Å². The SMILES string of the molecule is CCOc1cccc(CN(Cc2cccc(CN3O[C@@H](CO)[C@@H]([C@H](C)O)[C@H]3C(=O)N[C@H]3C[C@H]4C[C@@H]([C@@H]3C)C4(C)C)c2)[C@@H](CC(C)C)CN(C)C)c1O. The number of likely N-dealkylation sites (N-methyl/N-ethyl adjacent to an activating group) is 1. The van der Waals surface area contributed by atoms with Gasteiger partial charge in [0, 0.05) is 43.2 Å². The molecule has 6 rings (SSSR count). The minimum absolute atomic E-state index is 0.0814. The van der Waals surface area contributed by atoms with E-state index < -0.39 is 24.2 Å². The topological polar surface area (TPSA) is 118 Å². The third-order valence-electron chi connectivity index (χ3n) is 12.4. The highest BCUT2D eigenvalue weighted by atomic mass is 16.7. The van der Waals surface area contributed by atoms with Crippen molar-refractivity contribution < 1.29 is 29.7 Å². The van der Waals surface area contributed by atoms with Crippen molar-refractivity contribution in [3.05, 3.63) is 59.2 Å². The first-order valence-electron chi connectivity index (χ1n) is 19.6. The lowest BCUT2D eigenvalue weighted by molar-refractivity contribution is -0.183. The van der Waals surface area contributed by atoms with Crippen molar-refractivity contribution in [3.63, 3.8) is 0 Å². The van der Waals surface area contributed by atoms with Crippen LogP contribution >= 0.6 is 0 Å². The van der Waals surface area contributed by atoms with E-state index in [1.54, 1.807) is 18.1 Å². The molecule has 1 saturated heterocycles. The van der Waals surface area contributed by atoms with E-state index in [0.29, 0.717) is 61.1 Å². The van der Waals surface area contributed by atoms with Gasteiger partial charge in [-0.15, -0.1) is 0 Å². The number of amides is 1. The summed E-state index contributed by atoms with van der Waals surface area (Å²) < 4.78 is 5.72. The molecular weight excluding hydrogens is 656 g/mol. The number of fused-ring (bicyclic) bond motifs is 2. The van der Waals surface area contributed by atoms with Crippen molar-refractivity contribution in [2.75, 3.05) is 33.9 Å². The number of rotatable bonds is 17. The van der Waals surface area contributed by atoms with Crippen molar-refractivity contribution in [2.24, 2.45) is 35.0 Å². The number of aliphatic hydroxyl groups is 2. The fourth-order valence-electron chi connectivity index (χ4n) is 9.53. The van der Waals surface area contributed by atoms with Gasteiger partial charge in [0.1, 0.15) is 12.1 Å². The molecule has 2 bridgehead atoms. The smallest absolute Gasteiger partial charge is 0.240 e. The Balaban J connectivity index is 1.38. The Morgan fingerprint density at radius 3 is 2.42 bits per heavy atom. The Labute approximate surface area is 312 Å². The second kappa shape index (κ2) is 17.2. The van der Waals surface area contributed by atoms with Gasteiger partial charge in [-0.1, -0.05) is 71.0 Å². The Morgan fingerprint density at radius 1 is 1.10 bits per heavy atom. The number of nitrogens with one attached hydrogen (secondary N) is 1. The molecule has 4 fully saturated rings. The Kier molecular flexibility index (Phi) is 13.4. The van der Waals surface area contributed by atoms with E-state index in [-0.39, 0.29) is 30.3 Å². The maximum absolute atomic E-state index is 14.2. The minimum Gasteiger partial charge on any atom is -0.504 e. The number of para-hydroxylation sites is 1. The molecule has 4 N–H and O–H groups in total. The lowest BCUT2D eigenvalue weighted by atomic mass is 9.45. The van der Waals surface area contributed by atoms with E-state index in [4.69, 9.17) is 9.57 Å². The number of carbonyl (C=O) groups excluding carboxylic acids is 1. The number of phenols is 1. The van der Waals surface area contributed by atoms with Gasteiger partial charge in [0.15, 0.2) is 11.5 Å². The Morgan fingerprint density at radius 2 is 1.81 bits per heavy atom. The number of aromatic hydroxyl groups is 1. The zero-order valence-electron chi connectivity index (χ0n) is 33.1. The number of hydroxylamine groups is 2. The van der Waals surface area contributed by atoms with Crippen LogP contribution in [0, 0.1) is 35.0 Å². The maximum Gasteiger partial charge on any atom is 0.240 e. The third kappa shape index (κ3) is 8.96. The number of benzene rings is 2. The second-order valence-electron chi connectivity index (χ2n) is 17.2. The average molecular weight is 723 g/mol. The summed E-state index contributed by atoms with van der Waals surface area (Å²) in [6.07, 6.45) is 1.65. The van der Waals surface area contributed by atoms with Gasteiger partial charge in [-0.2, -0.15) is 5.06 Å². The molecule has 1 amide bonds. The summed E-state index contributed by atoms with van der Waals surface area (Å²) in [4.78, 5) is 25.1. The maximum atomic E-state index is 14.2. The quantitative estimate of drug-likeness (QED) is 0.170. The largest absolute Gasteiger partial charge is 0.504 e. The molecule has 4 aliphatic rings. The standard InChI is InChI=1S/C42H66N4O6/c1-10-51-36-16-12-15-31(40(36)49)23-45(33(17-26(2)3)24-44(8)9)21-29-13-11-14-30(18-29)22-46-39(38(28(5)48)37(25-47)52-46)41(50)43-35-20-32-19-34(27(35)4)42(32,6)7/h11-16,18,26-28,32-35,37-39,47-49H,10,17,19-25H2,1-9H3,(H,43,50)/t27-,28-,32+,33-,34-,35-,37-,38+,39-/m0/s1. The molecule has 0 radical (unpaired) electrons. The molecular formula is C42H66N4O6. The molecule has 52 heavy (non-hydrogen) atoms. The summed E-state index contributed by atoms with van der Waals surface area (Å²) >= 11 is 0. The highest BCUT2D eigenvalue weighted by Crippen LogP contribution is 2.61. The number of hydrogen-bond donors (Lipinski definition) is 4. The summed E-state index contributed by atoms with van der Waals surface area (Å²) in [6, 6.07) is 13.6. The fourth-order valence-corrected chi connectivity index (χ4v) is 9.53. The third-order valence-corrected chi connectivity index (χ3v) is 12.4. The van der Waals surface area contributed by atoms with Crippen LogP contribution in [0.25, 0.3) is 0 Å². The van der Waals surface area contributed by atoms with Crippen molar-refractivity contribution in [1.82, 2.24) is 20.2 Å². The van der Waals surface area contributed by atoms with Crippen LogP contribution in [0.5, 0.6) is 11.5 Å². The van der Waals surface area contributed by atoms with Crippen molar-refractivity contribution in [1.29, 1.82) is 0 Å². The molecule has 0 aromatic heterocycles. The van der Waals surface area contributed by atoms with E-state index in [1.165, 1.54) is 6.42 Å². The number of aliphatic hydroxyl groups excluding tert-OH is 2. The lowest BCUT2D eigenvalue weighted by Crippen LogP contribution is -2.62. The van der Waals surface area contributed by atoms with Crippen LogP contribution < -0.4 is 10.1 Å². The van der Waals surface area contributed by atoms with Gasteiger partial charge < -0.3 is 30.3 Å². The van der Waals surface area contributed by atoms with Gasteiger partial charge in [0.05, 0.1) is 25.9 Å². The predicted octanol–water partition coefficient (Wildman–Crippen LogP) is 5.43. The normalized spacial score (nSPS) is 28.2. The molecule has 2 aromatic rings. The first-order chi connectivity index (χ1) is 24.6. The van der Waals surface area contributed by atoms with Gasteiger partial charge in [-0.25, -0.2) is 0 Å². The fraction of sp³-hybridized carbons (Fsp3) is 0.690. The summed E-state index contributed by atoms with van der Waals surface area (Å²) in [5.41, 5.74) is 3.21. The monoisotopic (exact) mass is 722 g/mol. The van der Waals surface area contributed by atoms with Gasteiger partial charge in [-0.3, -0.25) is 14.5 Å². The van der Waals surface area contributed by atoms with Crippen LogP contribution in [0.1, 0.15) is 84.4 Å². The molecule has 3 aliphatic carbocycles. The van der Waals surface area contributed by atoms with Gasteiger partial charge >= 0.3 is 0 Å². The van der Waals surface area contributed by atoms with Crippen molar-refractivity contribution >= 4 is 5.91 Å². The second-order valence-corrected chi connectivity index (χ2v) is 17.2. The number of carbonyl (C=O) groups is 1. The molecule has 10 heteroatoms. The highest BCUT2D eigenvalue weighted by Gasteiger charge is 2.57. The number of phenolic OH excluding ortho intramolecular Hbond substituents is 1. The number of ether oxygens (including phenoxy) is 1. The number of hydrogen-bond acceptors (Lipinski definition) is 9. The molecule has 1 heterocycles. The van der Waals surface area contributed by atoms with Gasteiger partial charge in [0.25, 0.3) is 0 Å². The average Bonchev–Trinajstić information content (AvgIpc) is 3.45. The van der Waals surface area contributed by atoms with Crippen LogP contribution in [0.15, 0.2) is 42.5 Å². The van der Waals surface area contributed by atoms with Crippen LogP contribution in [0.2, 0.25) is 0 Å². The molecule has 10 nitrogen and oxygen atoms in total. The summed E-state index contributed by atoms with van der Waals surface area (Å²) in [5.74, 6) is 2.00. The van der Waals surface area contributed by atoms with Crippen molar-refractivity contribution in [2.45, 2.75) is 118 Å². The zero-order chi connectivity index (χ0) is 37.9. The summed E-state index contributed by atoms with van der Waals surface area (Å²) in [7, 11) is 4.20. The van der Waals surface area contributed by atoms with Gasteiger partial charge in [-0.05, 0) is 93.5 Å². The Bertz CT molecular complexity index is 1470. The molecule has 1 aliphatic heterocycles. The van der Waals surface area contributed by atoms with E-state index in [1.807, 2.05) is 31.2 Å². The van der Waals surface area contributed by atoms with Crippen LogP contribution in [0.4, 0.5) is 0 Å². The van der Waals surface area contributed by atoms with E-state index in [0.717, 1.165) is 36.1 Å². The number of nitrogens with zero attached hydrogens (tertiary/aromatic N) is 3. The van der Waals surface area contributed by atoms with Crippen molar-refractivity contribution in [3.8, 4) is 11.5 Å². The Hall–Kier alpha value is -2.73. The van der Waals surface area contributed by atoms with E-state index >= 15 is 0 Å². The summed E-state index contributed by atoms with van der Waals surface area (Å²) in [5, 5.41) is 37.4. The lowest BCUT2D eigenvalue weighted by Gasteiger charge is -2.62. The van der Waals surface area contributed by atoms with Gasteiger partial charge in [0.2, 0.25) is 5.91 Å². The summed E-state index contributed by atoms with van der Waals surface area (Å²) in [6.45, 7) is 17.6. The minimum atomic E-state index is -0.846. The van der Waals surface area contributed by atoms with Crippen LogP contribution in [-0.2, 0) is 29.3 Å². The first kappa shape index (κ1) is 40.5. The molecule has 9 atom stereocenters.